The second-order valence-electron chi connectivity index (χ2n) is 4.24. The first-order valence-corrected chi connectivity index (χ1v) is 6.82. The SMILES string of the molecule is CC(NCC1CC1C)c1sccc1Br. The van der Waals surface area contributed by atoms with E-state index in [1.54, 1.807) is 0 Å². The molecule has 1 aliphatic carbocycles. The molecule has 0 spiro atoms. The fourth-order valence-electron chi connectivity index (χ4n) is 1.72. The minimum absolute atomic E-state index is 0.483. The molecule has 3 heteroatoms. The van der Waals surface area contributed by atoms with E-state index in [1.165, 1.54) is 22.3 Å². The zero-order valence-corrected chi connectivity index (χ0v) is 11.0. The summed E-state index contributed by atoms with van der Waals surface area (Å²) in [5, 5.41) is 5.73. The van der Waals surface area contributed by atoms with Crippen LogP contribution < -0.4 is 5.32 Å². The van der Waals surface area contributed by atoms with Crippen molar-refractivity contribution in [1.29, 1.82) is 0 Å². The minimum atomic E-state index is 0.483. The molecule has 1 aromatic heterocycles. The Kier molecular flexibility index (Phi) is 3.30. The third-order valence-corrected chi connectivity index (χ3v) is 5.05. The number of rotatable bonds is 4. The van der Waals surface area contributed by atoms with Gasteiger partial charge in [-0.1, -0.05) is 6.92 Å². The Morgan fingerprint density at radius 1 is 1.71 bits per heavy atom. The normalized spacial score (nSPS) is 27.6. The highest BCUT2D eigenvalue weighted by atomic mass is 79.9. The fraction of sp³-hybridized carbons (Fsp3) is 0.636. The molecule has 1 aromatic rings. The molecule has 1 heterocycles. The Hall–Kier alpha value is 0.140. The zero-order valence-electron chi connectivity index (χ0n) is 8.59. The molecule has 0 bridgehead atoms. The molecular weight excluding hydrogens is 258 g/mol. The van der Waals surface area contributed by atoms with Crippen molar-refractivity contribution in [3.05, 3.63) is 20.8 Å². The summed E-state index contributed by atoms with van der Waals surface area (Å²) in [6.45, 7) is 5.74. The second kappa shape index (κ2) is 4.33. The molecule has 1 N–H and O–H groups in total. The zero-order chi connectivity index (χ0) is 10.1. The third kappa shape index (κ3) is 2.38. The highest BCUT2D eigenvalue weighted by Crippen LogP contribution is 2.37. The van der Waals surface area contributed by atoms with E-state index >= 15 is 0 Å². The fourth-order valence-corrected chi connectivity index (χ4v) is 3.47. The maximum Gasteiger partial charge on any atom is 0.0397 e. The molecule has 1 aliphatic rings. The molecule has 1 nitrogen and oxygen atoms in total. The topological polar surface area (TPSA) is 12.0 Å². The van der Waals surface area contributed by atoms with Gasteiger partial charge in [0.25, 0.3) is 0 Å². The number of hydrogen-bond acceptors (Lipinski definition) is 2. The van der Waals surface area contributed by atoms with Crippen molar-refractivity contribution in [2.45, 2.75) is 26.3 Å². The molecule has 0 radical (unpaired) electrons. The smallest absolute Gasteiger partial charge is 0.0397 e. The quantitative estimate of drug-likeness (QED) is 0.880. The van der Waals surface area contributed by atoms with Crippen LogP contribution in [0.25, 0.3) is 0 Å². The summed E-state index contributed by atoms with van der Waals surface area (Å²) in [4.78, 5) is 1.42. The van der Waals surface area contributed by atoms with Gasteiger partial charge < -0.3 is 5.32 Å². The molecule has 0 aliphatic heterocycles. The number of halogens is 1. The van der Waals surface area contributed by atoms with Crippen LogP contribution in [0, 0.1) is 11.8 Å². The van der Waals surface area contributed by atoms with Crippen molar-refractivity contribution in [3.8, 4) is 0 Å². The van der Waals surface area contributed by atoms with Crippen molar-refractivity contribution in [1.82, 2.24) is 5.32 Å². The summed E-state index contributed by atoms with van der Waals surface area (Å²) in [6.07, 6.45) is 1.41. The van der Waals surface area contributed by atoms with Crippen LogP contribution in [0.1, 0.15) is 31.2 Å². The van der Waals surface area contributed by atoms with E-state index < -0.39 is 0 Å². The van der Waals surface area contributed by atoms with Gasteiger partial charge in [0.05, 0.1) is 0 Å². The number of hydrogen-bond donors (Lipinski definition) is 1. The Labute approximate surface area is 98.0 Å². The summed E-state index contributed by atoms with van der Waals surface area (Å²) in [5.41, 5.74) is 0. The van der Waals surface area contributed by atoms with Crippen molar-refractivity contribution in [2.75, 3.05) is 6.54 Å². The van der Waals surface area contributed by atoms with Crippen LogP contribution >= 0.6 is 27.3 Å². The first-order valence-electron chi connectivity index (χ1n) is 5.14. The Morgan fingerprint density at radius 3 is 2.93 bits per heavy atom. The van der Waals surface area contributed by atoms with E-state index in [2.05, 4.69) is 46.5 Å². The van der Waals surface area contributed by atoms with Gasteiger partial charge in [-0.3, -0.25) is 0 Å². The van der Waals surface area contributed by atoms with Gasteiger partial charge in [-0.25, -0.2) is 0 Å². The summed E-state index contributed by atoms with van der Waals surface area (Å²) >= 11 is 5.39. The Morgan fingerprint density at radius 2 is 2.43 bits per heavy atom. The van der Waals surface area contributed by atoms with Gasteiger partial charge in [0.1, 0.15) is 0 Å². The van der Waals surface area contributed by atoms with E-state index in [1.807, 2.05) is 11.3 Å². The minimum Gasteiger partial charge on any atom is -0.309 e. The van der Waals surface area contributed by atoms with Crippen LogP contribution in [0.15, 0.2) is 15.9 Å². The van der Waals surface area contributed by atoms with Crippen LogP contribution in [-0.4, -0.2) is 6.54 Å². The summed E-state index contributed by atoms with van der Waals surface area (Å²) < 4.78 is 1.24. The lowest BCUT2D eigenvalue weighted by Crippen LogP contribution is -2.21. The number of thiophene rings is 1. The van der Waals surface area contributed by atoms with E-state index in [0.717, 1.165) is 11.8 Å². The van der Waals surface area contributed by atoms with E-state index in [9.17, 15) is 0 Å². The molecule has 3 atom stereocenters. The predicted octanol–water partition coefficient (Wildman–Crippen LogP) is 3.82. The monoisotopic (exact) mass is 273 g/mol. The van der Waals surface area contributed by atoms with E-state index in [-0.39, 0.29) is 0 Å². The lowest BCUT2D eigenvalue weighted by Gasteiger charge is -2.12. The van der Waals surface area contributed by atoms with Crippen LogP contribution in [0.3, 0.4) is 0 Å². The number of nitrogens with one attached hydrogen (secondary N) is 1. The first-order chi connectivity index (χ1) is 6.68. The van der Waals surface area contributed by atoms with Crippen molar-refractivity contribution >= 4 is 27.3 Å². The molecule has 1 saturated carbocycles. The first kappa shape index (κ1) is 10.7. The second-order valence-corrected chi connectivity index (χ2v) is 6.04. The third-order valence-electron chi connectivity index (χ3n) is 3.00. The predicted molar refractivity (Wildman–Crippen MR) is 65.7 cm³/mol. The summed E-state index contributed by atoms with van der Waals surface area (Å²) in [7, 11) is 0. The van der Waals surface area contributed by atoms with Crippen molar-refractivity contribution in [3.63, 3.8) is 0 Å². The molecule has 3 unspecified atom stereocenters. The molecule has 2 rings (SSSR count). The standard InChI is InChI=1S/C11H16BrNS/c1-7-5-9(7)6-13-8(2)11-10(12)3-4-14-11/h3-4,7-9,13H,5-6H2,1-2H3. The van der Waals surface area contributed by atoms with Crippen molar-refractivity contribution < 1.29 is 0 Å². The van der Waals surface area contributed by atoms with E-state index in [0.29, 0.717) is 6.04 Å². The molecule has 0 amide bonds. The molecule has 78 valence electrons. The maximum atomic E-state index is 3.60. The van der Waals surface area contributed by atoms with Crippen LogP contribution in [-0.2, 0) is 0 Å². The molecule has 1 fully saturated rings. The average Bonchev–Trinajstić information content (AvgIpc) is 2.67. The van der Waals surface area contributed by atoms with E-state index in [4.69, 9.17) is 0 Å². The van der Waals surface area contributed by atoms with Gasteiger partial charge in [-0.05, 0) is 59.1 Å². The Bertz CT molecular complexity index is 310. The van der Waals surface area contributed by atoms with Gasteiger partial charge >= 0.3 is 0 Å². The van der Waals surface area contributed by atoms with Gasteiger partial charge in [-0.15, -0.1) is 11.3 Å². The van der Waals surface area contributed by atoms with Crippen LogP contribution in [0.4, 0.5) is 0 Å². The average molecular weight is 274 g/mol. The van der Waals surface area contributed by atoms with Gasteiger partial charge in [0.15, 0.2) is 0 Å². The van der Waals surface area contributed by atoms with Crippen molar-refractivity contribution in [2.24, 2.45) is 11.8 Å². The Balaban J connectivity index is 1.83. The van der Waals surface area contributed by atoms with Gasteiger partial charge in [0.2, 0.25) is 0 Å². The van der Waals surface area contributed by atoms with Crippen LogP contribution in [0.2, 0.25) is 0 Å². The summed E-state index contributed by atoms with van der Waals surface area (Å²) in [6, 6.07) is 2.61. The van der Waals surface area contributed by atoms with Crippen LogP contribution in [0.5, 0.6) is 0 Å². The van der Waals surface area contributed by atoms with Gasteiger partial charge in [-0.2, -0.15) is 0 Å². The molecule has 14 heavy (non-hydrogen) atoms. The molecule has 0 saturated heterocycles. The lowest BCUT2D eigenvalue weighted by atomic mass is 10.2. The highest BCUT2D eigenvalue weighted by Gasteiger charge is 2.32. The molecule has 0 aromatic carbocycles. The highest BCUT2D eigenvalue weighted by molar-refractivity contribution is 9.10. The lowest BCUT2D eigenvalue weighted by molar-refractivity contribution is 0.540. The largest absolute Gasteiger partial charge is 0.309 e. The molecular formula is C11H16BrNS. The maximum absolute atomic E-state index is 3.60. The van der Waals surface area contributed by atoms with Gasteiger partial charge in [0, 0.05) is 15.4 Å². The summed E-state index contributed by atoms with van der Waals surface area (Å²) in [5.74, 6) is 1.87.